The highest BCUT2D eigenvalue weighted by Gasteiger charge is 1.99. The van der Waals surface area contributed by atoms with Gasteiger partial charge in [0.15, 0.2) is 0 Å². The molecule has 0 radical (unpaired) electrons. The van der Waals surface area contributed by atoms with Gasteiger partial charge in [0.25, 0.3) is 0 Å². The lowest BCUT2D eigenvalue weighted by molar-refractivity contribution is 0.560. The van der Waals surface area contributed by atoms with E-state index >= 15 is 0 Å². The van der Waals surface area contributed by atoms with Gasteiger partial charge < -0.3 is 0 Å². The maximum absolute atomic E-state index is 6.05. The second-order valence-corrected chi connectivity index (χ2v) is 4.96. The molecule has 0 saturated carbocycles. The molecule has 0 aromatic rings. The third-order valence-electron chi connectivity index (χ3n) is 2.87. The molecule has 15 heavy (non-hydrogen) atoms. The third-order valence-corrected chi connectivity index (χ3v) is 3.40. The molecule has 0 nitrogen and oxygen atoms in total. The molecule has 0 bridgehead atoms. The van der Waals surface area contributed by atoms with Crippen LogP contribution in [0.4, 0.5) is 0 Å². The fraction of sp³-hybridized carbons (Fsp3) is 0.857. The average molecular weight is 231 g/mol. The molecule has 0 spiro atoms. The van der Waals surface area contributed by atoms with Gasteiger partial charge in [0, 0.05) is 5.38 Å². The Morgan fingerprint density at radius 3 is 2.07 bits per heavy atom. The first-order valence-corrected chi connectivity index (χ1v) is 6.99. The smallest absolute Gasteiger partial charge is 0.0333 e. The van der Waals surface area contributed by atoms with Crippen molar-refractivity contribution in [2.45, 2.75) is 76.5 Å². The Kier molecular flexibility index (Phi) is 12.1. The maximum Gasteiger partial charge on any atom is 0.0333 e. The van der Waals surface area contributed by atoms with Crippen molar-refractivity contribution in [2.75, 3.05) is 0 Å². The van der Waals surface area contributed by atoms with Crippen LogP contribution in [0, 0.1) is 0 Å². The van der Waals surface area contributed by atoms with Crippen molar-refractivity contribution in [3.63, 3.8) is 0 Å². The molecule has 0 aliphatic rings. The van der Waals surface area contributed by atoms with E-state index in [-0.39, 0.29) is 0 Å². The van der Waals surface area contributed by atoms with E-state index in [1.807, 2.05) is 6.08 Å². The monoisotopic (exact) mass is 230 g/mol. The minimum absolute atomic E-state index is 0.414. The molecule has 0 aliphatic heterocycles. The fourth-order valence-electron chi connectivity index (χ4n) is 1.74. The van der Waals surface area contributed by atoms with Crippen LogP contribution < -0.4 is 0 Å². The van der Waals surface area contributed by atoms with Gasteiger partial charge in [-0.15, -0.1) is 18.2 Å². The van der Waals surface area contributed by atoms with Crippen molar-refractivity contribution in [2.24, 2.45) is 0 Å². The lowest BCUT2D eigenvalue weighted by Crippen LogP contribution is -1.94. The van der Waals surface area contributed by atoms with Crippen LogP contribution in [0.25, 0.3) is 0 Å². The van der Waals surface area contributed by atoms with Crippen LogP contribution in [-0.2, 0) is 0 Å². The molecule has 0 saturated heterocycles. The van der Waals surface area contributed by atoms with E-state index in [9.17, 15) is 0 Å². The Morgan fingerprint density at radius 1 is 1.00 bits per heavy atom. The number of alkyl halides is 1. The summed E-state index contributed by atoms with van der Waals surface area (Å²) in [5.74, 6) is 0. The quantitative estimate of drug-likeness (QED) is 0.243. The molecule has 0 aliphatic carbocycles. The summed E-state index contributed by atoms with van der Waals surface area (Å²) in [7, 11) is 0. The van der Waals surface area contributed by atoms with E-state index in [2.05, 4.69) is 13.5 Å². The first kappa shape index (κ1) is 15.0. The van der Waals surface area contributed by atoms with Crippen LogP contribution in [0.3, 0.4) is 0 Å². The number of halogens is 1. The molecule has 1 heteroatoms. The number of unbranched alkanes of at least 4 members (excludes halogenated alkanes) is 7. The van der Waals surface area contributed by atoms with Gasteiger partial charge in [-0.25, -0.2) is 0 Å². The first-order chi connectivity index (χ1) is 7.31. The van der Waals surface area contributed by atoms with Gasteiger partial charge in [0.2, 0.25) is 0 Å². The highest BCUT2D eigenvalue weighted by Crippen LogP contribution is 2.14. The highest BCUT2D eigenvalue weighted by molar-refractivity contribution is 6.20. The van der Waals surface area contributed by atoms with E-state index in [1.54, 1.807) is 0 Å². The minimum atomic E-state index is 0.414. The predicted octanol–water partition coefficient (Wildman–Crippen LogP) is 5.70. The number of hydrogen-bond acceptors (Lipinski definition) is 0. The zero-order valence-electron chi connectivity index (χ0n) is 10.3. The Bertz CT molecular complexity index is 131. The lowest BCUT2D eigenvalue weighted by atomic mass is 10.1. The minimum Gasteiger partial charge on any atom is -0.123 e. The van der Waals surface area contributed by atoms with Gasteiger partial charge in [-0.3, -0.25) is 0 Å². The molecule has 0 fully saturated rings. The summed E-state index contributed by atoms with van der Waals surface area (Å²) >= 11 is 6.05. The van der Waals surface area contributed by atoms with Crippen LogP contribution in [0.5, 0.6) is 0 Å². The van der Waals surface area contributed by atoms with Crippen molar-refractivity contribution in [3.05, 3.63) is 12.7 Å². The molecule has 0 heterocycles. The van der Waals surface area contributed by atoms with Crippen molar-refractivity contribution in [1.29, 1.82) is 0 Å². The zero-order chi connectivity index (χ0) is 11.4. The van der Waals surface area contributed by atoms with Crippen molar-refractivity contribution in [3.8, 4) is 0 Å². The standard InChI is InChI=1S/C14H27Cl/c1-3-5-6-7-8-9-10-11-12-13-14(15)4-2/h3,14H,1,4-13H2,2H3. The van der Waals surface area contributed by atoms with Gasteiger partial charge in [-0.1, -0.05) is 51.5 Å². The molecular weight excluding hydrogens is 204 g/mol. The summed E-state index contributed by atoms with van der Waals surface area (Å²) in [6.45, 7) is 5.89. The predicted molar refractivity (Wildman–Crippen MR) is 71.7 cm³/mol. The molecule has 1 atom stereocenters. The van der Waals surface area contributed by atoms with Gasteiger partial charge in [0.1, 0.15) is 0 Å². The van der Waals surface area contributed by atoms with Crippen LogP contribution in [-0.4, -0.2) is 5.38 Å². The van der Waals surface area contributed by atoms with Gasteiger partial charge in [0.05, 0.1) is 0 Å². The summed E-state index contributed by atoms with van der Waals surface area (Å²) in [6, 6.07) is 0. The van der Waals surface area contributed by atoms with E-state index in [0.717, 1.165) is 6.42 Å². The van der Waals surface area contributed by atoms with Crippen molar-refractivity contribution in [1.82, 2.24) is 0 Å². The Balaban J connectivity index is 2.95. The summed E-state index contributed by atoms with van der Waals surface area (Å²) < 4.78 is 0. The molecule has 0 aromatic heterocycles. The van der Waals surface area contributed by atoms with Crippen LogP contribution in [0.1, 0.15) is 71.1 Å². The fourth-order valence-corrected chi connectivity index (χ4v) is 1.90. The number of rotatable bonds is 11. The zero-order valence-corrected chi connectivity index (χ0v) is 11.1. The first-order valence-electron chi connectivity index (χ1n) is 6.56. The second-order valence-electron chi connectivity index (χ2n) is 4.35. The average Bonchev–Trinajstić information content (AvgIpc) is 2.26. The van der Waals surface area contributed by atoms with Gasteiger partial charge in [-0.05, 0) is 25.7 Å². The number of allylic oxidation sites excluding steroid dienone is 1. The largest absolute Gasteiger partial charge is 0.123 e. The number of hydrogen-bond donors (Lipinski definition) is 0. The van der Waals surface area contributed by atoms with Crippen molar-refractivity contribution >= 4 is 11.6 Å². The Labute approximate surface area is 101 Å². The molecule has 0 rings (SSSR count). The normalized spacial score (nSPS) is 12.7. The van der Waals surface area contributed by atoms with E-state index in [0.29, 0.717) is 5.38 Å². The van der Waals surface area contributed by atoms with E-state index < -0.39 is 0 Å². The lowest BCUT2D eigenvalue weighted by Gasteiger charge is -2.05. The van der Waals surface area contributed by atoms with E-state index in [1.165, 1.54) is 57.8 Å². The van der Waals surface area contributed by atoms with Crippen molar-refractivity contribution < 1.29 is 0 Å². The van der Waals surface area contributed by atoms with Gasteiger partial charge in [-0.2, -0.15) is 0 Å². The Morgan fingerprint density at radius 2 is 1.53 bits per heavy atom. The molecule has 1 unspecified atom stereocenters. The summed E-state index contributed by atoms with van der Waals surface area (Å²) in [5.41, 5.74) is 0. The molecule has 0 N–H and O–H groups in total. The third kappa shape index (κ3) is 12.0. The summed E-state index contributed by atoms with van der Waals surface area (Å²) in [6.07, 6.45) is 15.1. The molecular formula is C14H27Cl. The molecule has 0 amide bonds. The Hall–Kier alpha value is 0.0300. The summed E-state index contributed by atoms with van der Waals surface area (Å²) in [4.78, 5) is 0. The van der Waals surface area contributed by atoms with Crippen LogP contribution in [0.2, 0.25) is 0 Å². The topological polar surface area (TPSA) is 0 Å². The summed E-state index contributed by atoms with van der Waals surface area (Å²) in [5, 5.41) is 0.414. The molecule has 90 valence electrons. The second kappa shape index (κ2) is 12.1. The van der Waals surface area contributed by atoms with Crippen LogP contribution >= 0.6 is 11.6 Å². The van der Waals surface area contributed by atoms with E-state index in [4.69, 9.17) is 11.6 Å². The SMILES string of the molecule is C=CCCCCCCCCCC(Cl)CC. The molecule has 0 aromatic carbocycles. The van der Waals surface area contributed by atoms with Gasteiger partial charge >= 0.3 is 0 Å². The highest BCUT2D eigenvalue weighted by atomic mass is 35.5. The maximum atomic E-state index is 6.05. The van der Waals surface area contributed by atoms with Crippen LogP contribution in [0.15, 0.2) is 12.7 Å².